The molecule has 0 saturated carbocycles. The van der Waals surface area contributed by atoms with Gasteiger partial charge in [-0.25, -0.2) is 4.98 Å². The quantitative estimate of drug-likeness (QED) is 0.913. The number of amides is 1. The van der Waals surface area contributed by atoms with E-state index in [1.165, 1.54) is 4.90 Å². The Morgan fingerprint density at radius 2 is 2.19 bits per heavy atom. The van der Waals surface area contributed by atoms with Gasteiger partial charge in [0.25, 0.3) is 0 Å². The first-order valence-electron chi connectivity index (χ1n) is 6.26. The lowest BCUT2D eigenvalue weighted by Crippen LogP contribution is -2.49. The summed E-state index contributed by atoms with van der Waals surface area (Å²) >= 11 is 0.925. The van der Waals surface area contributed by atoms with E-state index in [9.17, 15) is 18.0 Å². The van der Waals surface area contributed by atoms with Gasteiger partial charge in [0.1, 0.15) is 5.01 Å². The molecule has 9 heteroatoms. The van der Waals surface area contributed by atoms with Crippen LogP contribution in [0.25, 0.3) is 0 Å². The fraction of sp³-hybridized carbons (Fsp3) is 0.667. The summed E-state index contributed by atoms with van der Waals surface area (Å²) < 4.78 is 37.3. The molecule has 1 aromatic heterocycles. The maximum absolute atomic E-state index is 12.4. The first kappa shape index (κ1) is 18.2. The first-order valence-corrected chi connectivity index (χ1v) is 7.14. The smallest absolute Gasteiger partial charge is 0.339 e. The van der Waals surface area contributed by atoms with Gasteiger partial charge in [-0.3, -0.25) is 4.79 Å². The van der Waals surface area contributed by atoms with Crippen LogP contribution in [0.4, 0.5) is 13.2 Å². The standard InChI is InChI=1S/C12H16F3N3OS.ClH/c1-7(8-3-16-4-8)11(19)18(2)5-10-17-9(6-20-10)12(13,14)15;/h6-8,16H,3-5H2,1-2H3;1H. The molecule has 1 amide bonds. The van der Waals surface area contributed by atoms with Crippen LogP contribution in [0.5, 0.6) is 0 Å². The Morgan fingerprint density at radius 1 is 1.57 bits per heavy atom. The Hall–Kier alpha value is -0.860. The van der Waals surface area contributed by atoms with Crippen LogP contribution in [0.1, 0.15) is 17.6 Å². The normalized spacial score (nSPS) is 16.8. The molecule has 2 rings (SSSR count). The van der Waals surface area contributed by atoms with Crippen LogP contribution in [0.15, 0.2) is 5.38 Å². The minimum absolute atomic E-state index is 0. The number of aromatic nitrogens is 1. The molecular formula is C12H17ClF3N3OS. The second kappa shape index (κ2) is 6.93. The van der Waals surface area contributed by atoms with Gasteiger partial charge in [0.15, 0.2) is 5.69 Å². The topological polar surface area (TPSA) is 45.2 Å². The maximum atomic E-state index is 12.4. The molecule has 1 atom stereocenters. The lowest BCUT2D eigenvalue weighted by Gasteiger charge is -2.33. The summed E-state index contributed by atoms with van der Waals surface area (Å²) in [7, 11) is 1.60. The van der Waals surface area contributed by atoms with Crippen LogP contribution in [0.3, 0.4) is 0 Å². The molecule has 1 aliphatic rings. The van der Waals surface area contributed by atoms with Crippen molar-refractivity contribution < 1.29 is 18.0 Å². The number of nitrogens with zero attached hydrogens (tertiary/aromatic N) is 2. The highest BCUT2D eigenvalue weighted by atomic mass is 35.5. The van der Waals surface area contributed by atoms with E-state index in [1.54, 1.807) is 7.05 Å². The molecule has 0 radical (unpaired) electrons. The van der Waals surface area contributed by atoms with Crippen molar-refractivity contribution in [3.8, 4) is 0 Å². The third kappa shape index (κ3) is 4.31. The Balaban J connectivity index is 0.00000220. The Kier molecular flexibility index (Phi) is 6.01. The van der Waals surface area contributed by atoms with Gasteiger partial charge in [0, 0.05) is 18.3 Å². The molecule has 1 saturated heterocycles. The van der Waals surface area contributed by atoms with Crippen molar-refractivity contribution in [3.05, 3.63) is 16.1 Å². The summed E-state index contributed by atoms with van der Waals surface area (Å²) in [4.78, 5) is 17.1. The van der Waals surface area contributed by atoms with Crippen molar-refractivity contribution >= 4 is 29.7 Å². The number of carbonyl (C=O) groups is 1. The van der Waals surface area contributed by atoms with Crippen LogP contribution in [0.2, 0.25) is 0 Å². The fourth-order valence-corrected chi connectivity index (χ4v) is 2.86. The summed E-state index contributed by atoms with van der Waals surface area (Å²) in [6, 6.07) is 0. The Bertz CT molecular complexity index is 490. The molecular weight excluding hydrogens is 327 g/mol. The highest BCUT2D eigenvalue weighted by molar-refractivity contribution is 7.09. The van der Waals surface area contributed by atoms with Crippen LogP contribution < -0.4 is 5.32 Å². The lowest BCUT2D eigenvalue weighted by atomic mass is 9.88. The average molecular weight is 344 g/mol. The lowest BCUT2D eigenvalue weighted by molar-refractivity contribution is -0.140. The zero-order valence-electron chi connectivity index (χ0n) is 11.6. The number of hydrogen-bond donors (Lipinski definition) is 1. The molecule has 1 aliphatic heterocycles. The first-order chi connectivity index (χ1) is 9.29. The highest BCUT2D eigenvalue weighted by Crippen LogP contribution is 2.30. The van der Waals surface area contributed by atoms with Crippen LogP contribution in [-0.4, -0.2) is 35.9 Å². The van der Waals surface area contributed by atoms with E-state index in [2.05, 4.69) is 10.3 Å². The molecule has 1 aromatic rings. The van der Waals surface area contributed by atoms with E-state index < -0.39 is 11.9 Å². The van der Waals surface area contributed by atoms with Gasteiger partial charge in [-0.1, -0.05) is 6.92 Å². The third-order valence-electron chi connectivity index (χ3n) is 3.50. The monoisotopic (exact) mass is 343 g/mol. The summed E-state index contributed by atoms with van der Waals surface area (Å²) in [6.07, 6.45) is -4.43. The molecule has 4 nitrogen and oxygen atoms in total. The molecule has 0 bridgehead atoms. The second-order valence-corrected chi connectivity index (χ2v) is 5.97. The van der Waals surface area contributed by atoms with Crippen molar-refractivity contribution in [2.45, 2.75) is 19.6 Å². The number of alkyl halides is 3. The SMILES string of the molecule is CC(C(=O)N(C)Cc1nc(C(F)(F)F)cs1)C1CNC1.Cl. The van der Waals surface area contributed by atoms with Crippen molar-refractivity contribution in [1.82, 2.24) is 15.2 Å². The molecule has 0 spiro atoms. The highest BCUT2D eigenvalue weighted by Gasteiger charge is 2.34. The zero-order chi connectivity index (χ0) is 14.9. The van der Waals surface area contributed by atoms with E-state index in [1.807, 2.05) is 6.92 Å². The third-order valence-corrected chi connectivity index (χ3v) is 4.33. The maximum Gasteiger partial charge on any atom is 0.434 e. The number of carbonyl (C=O) groups excluding carboxylic acids is 1. The fourth-order valence-electron chi connectivity index (χ4n) is 2.01. The molecule has 2 heterocycles. The zero-order valence-corrected chi connectivity index (χ0v) is 13.2. The predicted octanol–water partition coefficient (Wildman–Crippen LogP) is 2.40. The molecule has 1 N–H and O–H groups in total. The second-order valence-electron chi connectivity index (χ2n) is 5.03. The molecule has 1 fully saturated rings. The van der Waals surface area contributed by atoms with Crippen molar-refractivity contribution in [2.24, 2.45) is 11.8 Å². The number of halogens is 4. The predicted molar refractivity (Wildman–Crippen MR) is 76.4 cm³/mol. The number of thiazole rings is 1. The number of rotatable bonds is 4. The van der Waals surface area contributed by atoms with E-state index in [0.29, 0.717) is 10.9 Å². The van der Waals surface area contributed by atoms with Gasteiger partial charge in [-0.05, 0) is 19.0 Å². The van der Waals surface area contributed by atoms with E-state index in [4.69, 9.17) is 0 Å². The minimum Gasteiger partial charge on any atom is -0.339 e. The van der Waals surface area contributed by atoms with E-state index in [-0.39, 0.29) is 30.8 Å². The van der Waals surface area contributed by atoms with Gasteiger partial charge in [0.05, 0.1) is 6.54 Å². The van der Waals surface area contributed by atoms with Crippen LogP contribution in [0, 0.1) is 11.8 Å². The van der Waals surface area contributed by atoms with Crippen molar-refractivity contribution in [3.63, 3.8) is 0 Å². The van der Waals surface area contributed by atoms with Crippen molar-refractivity contribution in [2.75, 3.05) is 20.1 Å². The minimum atomic E-state index is -4.43. The number of hydrogen-bond acceptors (Lipinski definition) is 4. The Morgan fingerprint density at radius 3 is 2.62 bits per heavy atom. The molecule has 0 aliphatic carbocycles. The summed E-state index contributed by atoms with van der Waals surface area (Å²) in [5, 5.41) is 4.38. The molecule has 21 heavy (non-hydrogen) atoms. The van der Waals surface area contributed by atoms with Gasteiger partial charge in [0.2, 0.25) is 5.91 Å². The molecule has 120 valence electrons. The van der Waals surface area contributed by atoms with Gasteiger partial charge >= 0.3 is 6.18 Å². The van der Waals surface area contributed by atoms with Crippen molar-refractivity contribution in [1.29, 1.82) is 0 Å². The average Bonchev–Trinajstić information content (AvgIpc) is 2.73. The largest absolute Gasteiger partial charge is 0.434 e. The van der Waals surface area contributed by atoms with E-state index >= 15 is 0 Å². The molecule has 1 unspecified atom stereocenters. The summed E-state index contributed by atoms with van der Waals surface area (Å²) in [6.45, 7) is 3.60. The van der Waals surface area contributed by atoms with Gasteiger partial charge in [-0.15, -0.1) is 23.7 Å². The van der Waals surface area contributed by atoms with Gasteiger partial charge in [-0.2, -0.15) is 13.2 Å². The van der Waals surface area contributed by atoms with Crippen LogP contribution >= 0.6 is 23.7 Å². The van der Waals surface area contributed by atoms with Gasteiger partial charge < -0.3 is 10.2 Å². The Labute approximate surface area is 131 Å². The van der Waals surface area contributed by atoms with Crippen LogP contribution in [-0.2, 0) is 17.5 Å². The van der Waals surface area contributed by atoms with E-state index in [0.717, 1.165) is 29.8 Å². The summed E-state index contributed by atoms with van der Waals surface area (Å²) in [5.74, 6) is 0.135. The summed E-state index contributed by atoms with van der Waals surface area (Å²) in [5.41, 5.74) is -0.894. The molecule has 0 aromatic carbocycles. The number of nitrogens with one attached hydrogen (secondary N) is 1.